The second-order valence-electron chi connectivity index (χ2n) is 8.70. The van der Waals surface area contributed by atoms with Crippen LogP contribution in [-0.4, -0.2) is 14.4 Å². The van der Waals surface area contributed by atoms with Crippen molar-refractivity contribution >= 4 is 8.32 Å². The molecule has 0 aromatic heterocycles. The van der Waals surface area contributed by atoms with Crippen LogP contribution in [-0.2, 0) is 4.43 Å². The van der Waals surface area contributed by atoms with Crippen molar-refractivity contribution < 1.29 is 4.43 Å². The Bertz CT molecular complexity index is 331. The predicted octanol–water partition coefficient (Wildman–Crippen LogP) is 5.92. The lowest BCUT2D eigenvalue weighted by Gasteiger charge is -2.51. The molecule has 0 saturated carbocycles. The summed E-state index contributed by atoms with van der Waals surface area (Å²) in [6, 6.07) is 0. The summed E-state index contributed by atoms with van der Waals surface area (Å²) in [6.45, 7) is 25.3. The lowest BCUT2D eigenvalue weighted by Crippen LogP contribution is -2.55. The first kappa shape index (κ1) is 17.0. The molecule has 0 bridgehead atoms. The Balaban J connectivity index is 3.25. The summed E-state index contributed by atoms with van der Waals surface area (Å²) < 4.78 is 6.89. The van der Waals surface area contributed by atoms with Gasteiger partial charge in [0.25, 0.3) is 0 Å². The fraction of sp³-hybridized carbons (Fsp3) is 0.882. The monoisotopic (exact) mass is 282 g/mol. The highest BCUT2D eigenvalue weighted by Crippen LogP contribution is 2.63. The van der Waals surface area contributed by atoms with E-state index in [-0.39, 0.29) is 10.1 Å². The molecule has 0 aromatic rings. The number of rotatable bonds is 2. The van der Waals surface area contributed by atoms with Gasteiger partial charge in [-0.1, -0.05) is 61.0 Å². The van der Waals surface area contributed by atoms with Crippen molar-refractivity contribution in [3.8, 4) is 0 Å². The molecule has 1 fully saturated rings. The van der Waals surface area contributed by atoms with Gasteiger partial charge in [0.2, 0.25) is 8.32 Å². The summed E-state index contributed by atoms with van der Waals surface area (Å²) >= 11 is 0. The Labute approximate surface area is 122 Å². The van der Waals surface area contributed by atoms with Crippen LogP contribution < -0.4 is 0 Å². The first-order valence-electron chi connectivity index (χ1n) is 7.67. The lowest BCUT2D eigenvalue weighted by atomic mass is 9.96. The molecule has 1 rings (SSSR count). The highest BCUT2D eigenvalue weighted by molar-refractivity contribution is 6.81. The third kappa shape index (κ3) is 2.71. The van der Waals surface area contributed by atoms with Crippen molar-refractivity contribution in [3.63, 3.8) is 0 Å². The first-order valence-corrected chi connectivity index (χ1v) is 9.65. The minimum atomic E-state index is -1.87. The van der Waals surface area contributed by atoms with Crippen LogP contribution in [0, 0.1) is 5.92 Å². The molecule has 3 atom stereocenters. The normalized spacial score (nSPS) is 31.5. The predicted molar refractivity (Wildman–Crippen MR) is 88.1 cm³/mol. The minimum absolute atomic E-state index is 0.267. The molecule has 1 saturated heterocycles. The summed E-state index contributed by atoms with van der Waals surface area (Å²) in [7, 11) is -1.87. The third-order valence-corrected chi connectivity index (χ3v) is 12.1. The van der Waals surface area contributed by atoms with Crippen LogP contribution in [0.2, 0.25) is 15.6 Å². The topological polar surface area (TPSA) is 9.23 Å². The highest BCUT2D eigenvalue weighted by atomic mass is 28.4. The Morgan fingerprint density at radius 3 is 1.74 bits per heavy atom. The van der Waals surface area contributed by atoms with E-state index in [4.69, 9.17) is 4.43 Å². The zero-order chi connectivity index (χ0) is 15.2. The van der Waals surface area contributed by atoms with Crippen LogP contribution in [0.5, 0.6) is 0 Å². The van der Waals surface area contributed by atoms with Crippen molar-refractivity contribution in [2.24, 2.45) is 5.92 Å². The molecule has 1 aliphatic heterocycles. The van der Waals surface area contributed by atoms with Gasteiger partial charge in [0, 0.05) is 0 Å². The average molecular weight is 283 g/mol. The van der Waals surface area contributed by atoms with Crippen LogP contribution in [0.1, 0.15) is 68.7 Å². The maximum absolute atomic E-state index is 6.89. The minimum Gasteiger partial charge on any atom is -0.412 e. The molecule has 1 aliphatic rings. The van der Waals surface area contributed by atoms with E-state index in [0.717, 1.165) is 6.42 Å². The SMILES string of the molecule is C=C(C)C[C@@H]1O[Si](C(C)(C)C)(C(C)(C)C)[C@H](C)[C@@H]1C. The third-order valence-electron chi connectivity index (χ3n) is 5.13. The Morgan fingerprint density at radius 2 is 1.47 bits per heavy atom. The molecule has 0 aromatic carbocycles. The molecule has 0 spiro atoms. The first-order chi connectivity index (χ1) is 8.34. The van der Waals surface area contributed by atoms with E-state index < -0.39 is 8.32 Å². The fourth-order valence-corrected chi connectivity index (χ4v) is 12.2. The van der Waals surface area contributed by atoms with Gasteiger partial charge < -0.3 is 4.43 Å². The molecule has 0 aliphatic carbocycles. The maximum Gasteiger partial charge on any atom is 0.206 e. The number of hydrogen-bond acceptors (Lipinski definition) is 1. The van der Waals surface area contributed by atoms with Crippen LogP contribution in [0.15, 0.2) is 12.2 Å². The summed E-state index contributed by atoms with van der Waals surface area (Å²) in [4.78, 5) is 0. The second kappa shape index (κ2) is 5.03. The van der Waals surface area contributed by atoms with Crippen LogP contribution in [0.25, 0.3) is 0 Å². The summed E-state index contributed by atoms with van der Waals surface area (Å²) in [6.07, 6.45) is 1.39. The molecule has 0 N–H and O–H groups in total. The van der Waals surface area contributed by atoms with E-state index in [1.165, 1.54) is 5.57 Å². The van der Waals surface area contributed by atoms with E-state index in [1.54, 1.807) is 0 Å². The quantitative estimate of drug-likeness (QED) is 0.451. The molecule has 2 heteroatoms. The van der Waals surface area contributed by atoms with Gasteiger partial charge in [-0.3, -0.25) is 0 Å². The maximum atomic E-state index is 6.89. The van der Waals surface area contributed by atoms with Crippen LogP contribution in [0.4, 0.5) is 0 Å². The van der Waals surface area contributed by atoms with Crippen molar-refractivity contribution in [2.45, 2.75) is 90.5 Å². The van der Waals surface area contributed by atoms with Crippen molar-refractivity contribution in [2.75, 3.05) is 0 Å². The van der Waals surface area contributed by atoms with Gasteiger partial charge in [-0.25, -0.2) is 0 Å². The van der Waals surface area contributed by atoms with E-state index in [0.29, 0.717) is 17.6 Å². The Kier molecular flexibility index (Phi) is 4.50. The summed E-state index contributed by atoms with van der Waals surface area (Å²) in [5, 5.41) is 0.533. The Morgan fingerprint density at radius 1 is 1.05 bits per heavy atom. The van der Waals surface area contributed by atoms with Gasteiger partial charge in [-0.05, 0) is 34.9 Å². The fourth-order valence-electron chi connectivity index (χ4n) is 4.56. The molecule has 112 valence electrons. The molecule has 0 unspecified atom stereocenters. The lowest BCUT2D eigenvalue weighted by molar-refractivity contribution is 0.166. The van der Waals surface area contributed by atoms with Crippen molar-refractivity contribution in [1.29, 1.82) is 0 Å². The zero-order valence-corrected chi connectivity index (χ0v) is 15.6. The van der Waals surface area contributed by atoms with E-state index in [2.05, 4.69) is 68.9 Å². The molecule has 0 radical (unpaired) electrons. The van der Waals surface area contributed by atoms with Gasteiger partial charge in [0.15, 0.2) is 0 Å². The summed E-state index contributed by atoms with van der Waals surface area (Å²) in [5.41, 5.74) is 1.94. The van der Waals surface area contributed by atoms with Crippen LogP contribution in [0.3, 0.4) is 0 Å². The molecule has 1 heterocycles. The second-order valence-corrected chi connectivity index (χ2v) is 14.3. The Hall–Kier alpha value is -0.0831. The zero-order valence-electron chi connectivity index (χ0n) is 14.6. The molecular formula is C17H34OSi. The van der Waals surface area contributed by atoms with E-state index >= 15 is 0 Å². The molecular weight excluding hydrogens is 248 g/mol. The van der Waals surface area contributed by atoms with E-state index in [9.17, 15) is 0 Å². The van der Waals surface area contributed by atoms with Crippen LogP contribution >= 0.6 is 0 Å². The average Bonchev–Trinajstić information content (AvgIpc) is 2.40. The van der Waals surface area contributed by atoms with Crippen molar-refractivity contribution in [3.05, 3.63) is 12.2 Å². The van der Waals surface area contributed by atoms with Gasteiger partial charge in [0.1, 0.15) is 0 Å². The summed E-state index contributed by atoms with van der Waals surface area (Å²) in [5.74, 6) is 0.641. The molecule has 19 heavy (non-hydrogen) atoms. The smallest absolute Gasteiger partial charge is 0.206 e. The van der Waals surface area contributed by atoms with Crippen molar-refractivity contribution in [1.82, 2.24) is 0 Å². The largest absolute Gasteiger partial charge is 0.412 e. The van der Waals surface area contributed by atoms with Gasteiger partial charge in [-0.2, -0.15) is 0 Å². The molecule has 0 amide bonds. The standard InChI is InChI=1S/C17H34OSi/c1-12(2)11-15-13(3)14(4)19(18-15,16(5,6)7)17(8,9)10/h13-15H,1,11H2,2-10H3/t13-,14+,15-/m0/s1. The number of hydrogen-bond donors (Lipinski definition) is 0. The molecule has 1 nitrogen and oxygen atoms in total. The van der Waals surface area contributed by atoms with Gasteiger partial charge in [-0.15, -0.1) is 6.58 Å². The van der Waals surface area contributed by atoms with E-state index in [1.807, 2.05) is 0 Å². The highest BCUT2D eigenvalue weighted by Gasteiger charge is 2.64. The van der Waals surface area contributed by atoms with Gasteiger partial charge >= 0.3 is 0 Å². The van der Waals surface area contributed by atoms with Gasteiger partial charge in [0.05, 0.1) is 6.10 Å².